The molecular formula is C15H17N5S. The predicted molar refractivity (Wildman–Crippen MR) is 83.4 cm³/mol. The van der Waals surface area contributed by atoms with Gasteiger partial charge in [0.25, 0.3) is 0 Å². The molecule has 0 aliphatic carbocycles. The summed E-state index contributed by atoms with van der Waals surface area (Å²) in [4.78, 5) is 0.887. The maximum atomic E-state index is 4.73. The van der Waals surface area contributed by atoms with E-state index in [1.165, 1.54) is 17.8 Å². The van der Waals surface area contributed by atoms with E-state index in [1.807, 2.05) is 34.8 Å². The van der Waals surface area contributed by atoms with Gasteiger partial charge < -0.3 is 5.32 Å². The Bertz CT molecular complexity index is 727. The zero-order chi connectivity index (χ0) is 14.1. The molecule has 3 heterocycles. The second-order valence-corrected chi connectivity index (χ2v) is 6.52. The molecular weight excluding hydrogens is 282 g/mol. The third-order valence-corrected chi connectivity index (χ3v) is 4.91. The van der Waals surface area contributed by atoms with E-state index in [4.69, 9.17) is 5.10 Å². The van der Waals surface area contributed by atoms with E-state index >= 15 is 0 Å². The standard InChI is InChI=1S/C15H17N5S/c1-2-4-12(5-3-1)14-17-18-15-20(14)19-13(21-15)10-11-6-8-16-9-7-11/h1-5,11,16H,6-10H2. The van der Waals surface area contributed by atoms with Crippen LogP contribution in [0.4, 0.5) is 0 Å². The number of rotatable bonds is 3. The lowest BCUT2D eigenvalue weighted by Gasteiger charge is -2.21. The van der Waals surface area contributed by atoms with Gasteiger partial charge in [0.15, 0.2) is 5.82 Å². The van der Waals surface area contributed by atoms with E-state index in [9.17, 15) is 0 Å². The van der Waals surface area contributed by atoms with Gasteiger partial charge in [-0.05, 0) is 31.8 Å². The van der Waals surface area contributed by atoms with Crippen LogP contribution in [-0.4, -0.2) is 32.9 Å². The van der Waals surface area contributed by atoms with Crippen molar-refractivity contribution in [2.75, 3.05) is 13.1 Å². The lowest BCUT2D eigenvalue weighted by atomic mass is 9.95. The van der Waals surface area contributed by atoms with Crippen LogP contribution in [0.25, 0.3) is 16.3 Å². The first-order chi connectivity index (χ1) is 10.4. The fraction of sp³-hybridized carbons (Fsp3) is 0.400. The molecule has 1 aliphatic heterocycles. The Morgan fingerprint density at radius 3 is 2.76 bits per heavy atom. The van der Waals surface area contributed by atoms with Crippen molar-refractivity contribution in [2.24, 2.45) is 5.92 Å². The van der Waals surface area contributed by atoms with Gasteiger partial charge in [-0.15, -0.1) is 10.2 Å². The summed E-state index contributed by atoms with van der Waals surface area (Å²) in [6, 6.07) is 10.1. The third-order valence-electron chi connectivity index (χ3n) is 3.99. The number of piperidine rings is 1. The average molecular weight is 299 g/mol. The number of hydrogen-bond acceptors (Lipinski definition) is 5. The van der Waals surface area contributed by atoms with Gasteiger partial charge in [-0.3, -0.25) is 0 Å². The van der Waals surface area contributed by atoms with Crippen LogP contribution in [0.1, 0.15) is 17.8 Å². The van der Waals surface area contributed by atoms with E-state index in [-0.39, 0.29) is 0 Å². The number of hydrogen-bond donors (Lipinski definition) is 1. The Labute approximate surface area is 127 Å². The molecule has 108 valence electrons. The molecule has 0 unspecified atom stereocenters. The molecule has 5 nitrogen and oxygen atoms in total. The van der Waals surface area contributed by atoms with Crippen LogP contribution in [0, 0.1) is 5.92 Å². The highest BCUT2D eigenvalue weighted by atomic mass is 32.1. The van der Waals surface area contributed by atoms with Crippen LogP contribution < -0.4 is 5.32 Å². The molecule has 0 saturated carbocycles. The summed E-state index contributed by atoms with van der Waals surface area (Å²) in [7, 11) is 0. The summed E-state index contributed by atoms with van der Waals surface area (Å²) < 4.78 is 1.89. The largest absolute Gasteiger partial charge is 0.317 e. The summed E-state index contributed by atoms with van der Waals surface area (Å²) >= 11 is 1.66. The van der Waals surface area contributed by atoms with Crippen LogP contribution in [0.3, 0.4) is 0 Å². The smallest absolute Gasteiger partial charge is 0.234 e. The zero-order valence-electron chi connectivity index (χ0n) is 11.7. The van der Waals surface area contributed by atoms with Gasteiger partial charge >= 0.3 is 0 Å². The van der Waals surface area contributed by atoms with E-state index in [2.05, 4.69) is 15.5 Å². The summed E-state index contributed by atoms with van der Waals surface area (Å²) in [6.45, 7) is 2.26. The zero-order valence-corrected chi connectivity index (χ0v) is 12.5. The molecule has 0 bridgehead atoms. The molecule has 0 spiro atoms. The fourth-order valence-corrected chi connectivity index (χ4v) is 3.79. The first-order valence-electron chi connectivity index (χ1n) is 7.37. The molecule has 6 heteroatoms. The van der Waals surface area contributed by atoms with Gasteiger partial charge in [-0.1, -0.05) is 41.7 Å². The van der Waals surface area contributed by atoms with Gasteiger partial charge in [-0.2, -0.15) is 9.61 Å². The monoisotopic (exact) mass is 299 g/mol. The third kappa shape index (κ3) is 2.56. The quantitative estimate of drug-likeness (QED) is 0.807. The minimum atomic E-state index is 0.746. The Hall–Kier alpha value is -1.79. The Kier molecular flexibility index (Phi) is 3.40. The molecule has 1 saturated heterocycles. The average Bonchev–Trinajstić information content (AvgIpc) is 3.09. The first-order valence-corrected chi connectivity index (χ1v) is 8.19. The summed E-state index contributed by atoms with van der Waals surface area (Å²) in [5.41, 5.74) is 1.06. The highest BCUT2D eigenvalue weighted by molar-refractivity contribution is 7.16. The molecule has 0 radical (unpaired) electrons. The van der Waals surface area contributed by atoms with Gasteiger partial charge in [-0.25, -0.2) is 0 Å². The van der Waals surface area contributed by atoms with Crippen molar-refractivity contribution < 1.29 is 0 Å². The van der Waals surface area contributed by atoms with E-state index < -0.39 is 0 Å². The fourth-order valence-electron chi connectivity index (χ4n) is 2.84. The predicted octanol–water partition coefficient (Wildman–Crippen LogP) is 2.39. The van der Waals surface area contributed by atoms with Crippen molar-refractivity contribution in [3.63, 3.8) is 0 Å². The Balaban J connectivity index is 1.63. The molecule has 1 aliphatic rings. The van der Waals surface area contributed by atoms with Crippen LogP contribution in [-0.2, 0) is 6.42 Å². The number of nitrogens with one attached hydrogen (secondary N) is 1. The van der Waals surface area contributed by atoms with Crippen molar-refractivity contribution in [2.45, 2.75) is 19.3 Å². The van der Waals surface area contributed by atoms with Crippen LogP contribution in [0.2, 0.25) is 0 Å². The molecule has 1 aromatic carbocycles. The summed E-state index contributed by atoms with van der Waals surface area (Å²) in [5, 5.41) is 17.8. The molecule has 1 N–H and O–H groups in total. The molecule has 4 rings (SSSR count). The second kappa shape index (κ2) is 5.54. The normalized spacial score (nSPS) is 16.6. The van der Waals surface area contributed by atoms with E-state index in [0.717, 1.165) is 41.8 Å². The maximum absolute atomic E-state index is 4.73. The molecule has 1 fully saturated rings. The molecule has 0 amide bonds. The Morgan fingerprint density at radius 1 is 1.14 bits per heavy atom. The summed E-state index contributed by atoms with van der Waals surface area (Å²) in [6.07, 6.45) is 3.54. The van der Waals surface area contributed by atoms with Gasteiger partial charge in [0.1, 0.15) is 5.01 Å². The minimum absolute atomic E-state index is 0.746. The van der Waals surface area contributed by atoms with Crippen molar-refractivity contribution in [1.29, 1.82) is 0 Å². The first kappa shape index (κ1) is 12.9. The lowest BCUT2D eigenvalue weighted by molar-refractivity contribution is 0.371. The van der Waals surface area contributed by atoms with Crippen molar-refractivity contribution in [3.8, 4) is 11.4 Å². The van der Waals surface area contributed by atoms with Crippen LogP contribution in [0.15, 0.2) is 30.3 Å². The minimum Gasteiger partial charge on any atom is -0.317 e. The highest BCUT2D eigenvalue weighted by Crippen LogP contribution is 2.24. The highest BCUT2D eigenvalue weighted by Gasteiger charge is 2.18. The Morgan fingerprint density at radius 2 is 1.95 bits per heavy atom. The number of benzene rings is 1. The second-order valence-electron chi connectivity index (χ2n) is 5.48. The maximum Gasteiger partial charge on any atom is 0.234 e. The van der Waals surface area contributed by atoms with Crippen molar-refractivity contribution in [3.05, 3.63) is 35.3 Å². The lowest BCUT2D eigenvalue weighted by Crippen LogP contribution is -2.28. The number of fused-ring (bicyclic) bond motifs is 1. The van der Waals surface area contributed by atoms with Crippen molar-refractivity contribution >= 4 is 16.3 Å². The molecule has 0 atom stereocenters. The van der Waals surface area contributed by atoms with Gasteiger partial charge in [0.2, 0.25) is 4.96 Å². The van der Waals surface area contributed by atoms with E-state index in [1.54, 1.807) is 11.3 Å². The topological polar surface area (TPSA) is 55.1 Å². The number of aromatic nitrogens is 4. The SMILES string of the molecule is c1ccc(-c2nnc3sc(CC4CCNCC4)nn23)cc1. The van der Waals surface area contributed by atoms with Gasteiger partial charge in [0.05, 0.1) is 0 Å². The van der Waals surface area contributed by atoms with Crippen molar-refractivity contribution in [1.82, 2.24) is 25.1 Å². The van der Waals surface area contributed by atoms with Gasteiger partial charge in [0, 0.05) is 12.0 Å². The van der Waals surface area contributed by atoms with E-state index in [0.29, 0.717) is 0 Å². The number of nitrogens with zero attached hydrogens (tertiary/aromatic N) is 4. The summed E-state index contributed by atoms with van der Waals surface area (Å²) in [5.74, 6) is 1.58. The molecule has 2 aromatic heterocycles. The molecule has 21 heavy (non-hydrogen) atoms. The molecule has 3 aromatic rings. The van der Waals surface area contributed by atoms with Crippen LogP contribution >= 0.6 is 11.3 Å². The van der Waals surface area contributed by atoms with Crippen LogP contribution in [0.5, 0.6) is 0 Å².